The van der Waals surface area contributed by atoms with E-state index in [0.29, 0.717) is 22.7 Å². The van der Waals surface area contributed by atoms with E-state index in [9.17, 15) is 14.0 Å². The summed E-state index contributed by atoms with van der Waals surface area (Å²) in [6.07, 6.45) is 0. The number of carbonyl (C=O) groups excluding carboxylic acids is 2. The number of benzene rings is 2. The number of hydrogen-bond donors (Lipinski definition) is 1. The molecule has 0 aliphatic heterocycles. The van der Waals surface area contributed by atoms with Gasteiger partial charge >= 0.3 is 5.97 Å². The van der Waals surface area contributed by atoms with Crippen LogP contribution >= 0.6 is 0 Å². The minimum absolute atomic E-state index is 0.119. The predicted octanol–water partition coefficient (Wildman–Crippen LogP) is 3.66. The Morgan fingerprint density at radius 3 is 2.63 bits per heavy atom. The van der Waals surface area contributed by atoms with Crippen molar-refractivity contribution in [3.05, 3.63) is 83.9 Å². The van der Waals surface area contributed by atoms with Crippen LogP contribution in [0.4, 0.5) is 10.2 Å². The van der Waals surface area contributed by atoms with Crippen molar-refractivity contribution in [3.8, 4) is 5.69 Å². The number of aryl methyl sites for hydroxylation is 1. The normalized spacial score (nSPS) is 10.7. The van der Waals surface area contributed by atoms with Crippen molar-refractivity contribution in [2.45, 2.75) is 6.92 Å². The molecule has 0 bridgehead atoms. The standard InChI is InChI=1S/C22H17FN4O3/c1-14-12-20(27(26-14)17-9-7-16(23)8-10-17)25-21(28)13-30-22(29)19-11-6-15-4-2-3-5-18(15)24-19/h2-12H,13H2,1H3,(H,25,28). The number of hydrogen-bond acceptors (Lipinski definition) is 5. The lowest BCUT2D eigenvalue weighted by atomic mass is 10.2. The van der Waals surface area contributed by atoms with Gasteiger partial charge in [0.15, 0.2) is 6.61 Å². The number of nitrogens with zero attached hydrogens (tertiary/aromatic N) is 3. The van der Waals surface area contributed by atoms with Crippen LogP contribution in [0.1, 0.15) is 16.2 Å². The molecule has 2 heterocycles. The molecule has 1 N–H and O–H groups in total. The summed E-state index contributed by atoms with van der Waals surface area (Å²) in [7, 11) is 0. The van der Waals surface area contributed by atoms with E-state index in [-0.39, 0.29) is 11.5 Å². The van der Waals surface area contributed by atoms with Crippen LogP contribution in [0.25, 0.3) is 16.6 Å². The average molecular weight is 404 g/mol. The summed E-state index contributed by atoms with van der Waals surface area (Å²) in [5, 5.41) is 7.85. The van der Waals surface area contributed by atoms with Crippen LogP contribution in [-0.2, 0) is 9.53 Å². The molecule has 2 aromatic heterocycles. The summed E-state index contributed by atoms with van der Waals surface area (Å²) in [5.41, 5.74) is 2.02. The molecule has 0 fully saturated rings. The molecular weight excluding hydrogens is 387 g/mol. The zero-order valence-electron chi connectivity index (χ0n) is 16.0. The predicted molar refractivity (Wildman–Crippen MR) is 109 cm³/mol. The number of aromatic nitrogens is 3. The van der Waals surface area contributed by atoms with Gasteiger partial charge in [-0.2, -0.15) is 5.10 Å². The first-order chi connectivity index (χ1) is 14.5. The van der Waals surface area contributed by atoms with Gasteiger partial charge in [0.2, 0.25) is 0 Å². The van der Waals surface area contributed by atoms with Gasteiger partial charge in [0.05, 0.1) is 16.9 Å². The molecule has 8 heteroatoms. The summed E-state index contributed by atoms with van der Waals surface area (Å²) in [4.78, 5) is 28.8. The van der Waals surface area contributed by atoms with Crippen molar-refractivity contribution in [2.24, 2.45) is 0 Å². The van der Waals surface area contributed by atoms with Crippen molar-refractivity contribution in [2.75, 3.05) is 11.9 Å². The van der Waals surface area contributed by atoms with Crippen LogP contribution in [0.3, 0.4) is 0 Å². The molecule has 30 heavy (non-hydrogen) atoms. The Bertz CT molecular complexity index is 1230. The lowest BCUT2D eigenvalue weighted by Crippen LogP contribution is -2.22. The van der Waals surface area contributed by atoms with Gasteiger partial charge in [0.1, 0.15) is 17.3 Å². The van der Waals surface area contributed by atoms with Crippen molar-refractivity contribution < 1.29 is 18.7 Å². The second-order valence-corrected chi connectivity index (χ2v) is 6.57. The zero-order valence-corrected chi connectivity index (χ0v) is 16.0. The molecule has 150 valence electrons. The molecule has 2 aromatic carbocycles. The van der Waals surface area contributed by atoms with Gasteiger partial charge < -0.3 is 10.1 Å². The highest BCUT2D eigenvalue weighted by Gasteiger charge is 2.15. The van der Waals surface area contributed by atoms with Crippen LogP contribution in [0.15, 0.2) is 66.7 Å². The lowest BCUT2D eigenvalue weighted by Gasteiger charge is -2.09. The van der Waals surface area contributed by atoms with Gasteiger partial charge in [0, 0.05) is 11.5 Å². The van der Waals surface area contributed by atoms with E-state index < -0.39 is 18.5 Å². The summed E-state index contributed by atoms with van der Waals surface area (Å²) < 4.78 is 19.7. The van der Waals surface area contributed by atoms with Crippen LogP contribution < -0.4 is 5.32 Å². The van der Waals surface area contributed by atoms with E-state index in [0.717, 1.165) is 5.39 Å². The molecule has 0 unspecified atom stereocenters. The van der Waals surface area contributed by atoms with E-state index in [1.807, 2.05) is 18.2 Å². The Kier molecular flexibility index (Phi) is 5.21. The monoisotopic (exact) mass is 404 g/mol. The van der Waals surface area contributed by atoms with E-state index >= 15 is 0 Å². The number of rotatable bonds is 5. The fraction of sp³-hybridized carbons (Fsp3) is 0.0909. The fourth-order valence-corrected chi connectivity index (χ4v) is 2.93. The molecule has 1 amide bonds. The number of halogens is 1. The number of fused-ring (bicyclic) bond motifs is 1. The second kappa shape index (κ2) is 8.12. The smallest absolute Gasteiger partial charge is 0.357 e. The number of anilines is 1. The van der Waals surface area contributed by atoms with Crippen LogP contribution in [-0.4, -0.2) is 33.2 Å². The molecule has 0 aliphatic carbocycles. The summed E-state index contributed by atoms with van der Waals surface area (Å²) in [5.74, 6) is -1.22. The maximum absolute atomic E-state index is 13.2. The maximum atomic E-state index is 13.2. The Hall–Kier alpha value is -4.07. The largest absolute Gasteiger partial charge is 0.451 e. The zero-order chi connectivity index (χ0) is 21.1. The minimum atomic E-state index is -0.695. The quantitative estimate of drug-likeness (QED) is 0.513. The van der Waals surface area contributed by atoms with E-state index in [1.165, 1.54) is 16.8 Å². The Labute approximate surface area is 171 Å². The van der Waals surface area contributed by atoms with Crippen molar-refractivity contribution >= 4 is 28.6 Å². The third kappa shape index (κ3) is 4.17. The SMILES string of the molecule is Cc1cc(NC(=O)COC(=O)c2ccc3ccccc3n2)n(-c2ccc(F)cc2)n1. The number of carbonyl (C=O) groups is 2. The summed E-state index contributed by atoms with van der Waals surface area (Å²) in [6.45, 7) is 1.28. The average Bonchev–Trinajstić information content (AvgIpc) is 3.12. The molecule has 0 atom stereocenters. The Balaban J connectivity index is 1.42. The molecule has 4 rings (SSSR count). The topological polar surface area (TPSA) is 86.1 Å². The third-order valence-corrected chi connectivity index (χ3v) is 4.31. The molecule has 0 aliphatic rings. The van der Waals surface area contributed by atoms with Crippen molar-refractivity contribution in [1.29, 1.82) is 0 Å². The van der Waals surface area contributed by atoms with E-state index in [4.69, 9.17) is 4.74 Å². The number of pyridine rings is 1. The molecule has 0 spiro atoms. The number of amides is 1. The first-order valence-electron chi connectivity index (χ1n) is 9.15. The number of nitrogens with one attached hydrogen (secondary N) is 1. The number of para-hydroxylation sites is 1. The third-order valence-electron chi connectivity index (χ3n) is 4.31. The van der Waals surface area contributed by atoms with E-state index in [2.05, 4.69) is 15.4 Å². The van der Waals surface area contributed by atoms with Gasteiger partial charge in [-0.05, 0) is 43.3 Å². The molecule has 7 nitrogen and oxygen atoms in total. The van der Waals surface area contributed by atoms with E-state index in [1.54, 1.807) is 43.3 Å². The number of ether oxygens (including phenoxy) is 1. The van der Waals surface area contributed by atoms with Crippen molar-refractivity contribution in [3.63, 3.8) is 0 Å². The van der Waals surface area contributed by atoms with Gasteiger partial charge in [-0.25, -0.2) is 18.9 Å². The van der Waals surface area contributed by atoms with Gasteiger partial charge in [-0.1, -0.05) is 24.3 Å². The Morgan fingerprint density at radius 2 is 1.83 bits per heavy atom. The second-order valence-electron chi connectivity index (χ2n) is 6.57. The van der Waals surface area contributed by atoms with Crippen LogP contribution in [0.2, 0.25) is 0 Å². The molecule has 0 saturated carbocycles. The number of esters is 1. The van der Waals surface area contributed by atoms with Crippen molar-refractivity contribution in [1.82, 2.24) is 14.8 Å². The van der Waals surface area contributed by atoms with Crippen LogP contribution in [0.5, 0.6) is 0 Å². The summed E-state index contributed by atoms with van der Waals surface area (Å²) >= 11 is 0. The molecule has 0 radical (unpaired) electrons. The molecule has 0 saturated heterocycles. The van der Waals surface area contributed by atoms with Crippen LogP contribution in [0, 0.1) is 12.7 Å². The highest BCUT2D eigenvalue weighted by molar-refractivity contribution is 5.95. The van der Waals surface area contributed by atoms with Gasteiger partial charge in [-0.3, -0.25) is 4.79 Å². The lowest BCUT2D eigenvalue weighted by molar-refractivity contribution is -0.119. The van der Waals surface area contributed by atoms with Gasteiger partial charge in [-0.15, -0.1) is 0 Å². The molecule has 4 aromatic rings. The maximum Gasteiger partial charge on any atom is 0.357 e. The minimum Gasteiger partial charge on any atom is -0.451 e. The molecular formula is C22H17FN4O3. The highest BCUT2D eigenvalue weighted by Crippen LogP contribution is 2.18. The first kappa shape index (κ1) is 19.3. The van der Waals surface area contributed by atoms with Gasteiger partial charge in [0.25, 0.3) is 5.91 Å². The first-order valence-corrected chi connectivity index (χ1v) is 9.15. The Morgan fingerprint density at radius 1 is 1.07 bits per heavy atom. The summed E-state index contributed by atoms with van der Waals surface area (Å²) in [6, 6.07) is 18.1. The fourth-order valence-electron chi connectivity index (χ4n) is 2.93. The highest BCUT2D eigenvalue weighted by atomic mass is 19.1.